The Bertz CT molecular complexity index is 1720. The molecule has 176 valence electrons. The summed E-state index contributed by atoms with van der Waals surface area (Å²) in [5.74, 6) is 0. The van der Waals surface area contributed by atoms with E-state index in [-0.39, 0.29) is 5.41 Å². The van der Waals surface area contributed by atoms with Crippen LogP contribution in [0.2, 0.25) is 0 Å². The maximum absolute atomic E-state index is 6.30. The summed E-state index contributed by atoms with van der Waals surface area (Å²) in [5.41, 5.74) is 15.2. The number of rotatable bonds is 3. The fourth-order valence-corrected chi connectivity index (χ4v) is 5.78. The van der Waals surface area contributed by atoms with Crippen molar-refractivity contribution in [3.05, 3.63) is 109 Å². The van der Waals surface area contributed by atoms with Crippen molar-refractivity contribution in [2.45, 2.75) is 26.2 Å². The monoisotopic (exact) mass is 484 g/mol. The van der Waals surface area contributed by atoms with E-state index in [0.717, 1.165) is 21.8 Å². The van der Waals surface area contributed by atoms with Gasteiger partial charge in [0.1, 0.15) is 5.01 Å². The largest absolute Gasteiger partial charge is 0.398 e. The van der Waals surface area contributed by atoms with Crippen LogP contribution in [0.4, 0.5) is 5.69 Å². The molecule has 0 atom stereocenters. The van der Waals surface area contributed by atoms with Gasteiger partial charge >= 0.3 is 0 Å². The highest BCUT2D eigenvalue weighted by Gasteiger charge is 2.20. The van der Waals surface area contributed by atoms with Crippen molar-refractivity contribution in [3.8, 4) is 32.8 Å². The van der Waals surface area contributed by atoms with Crippen molar-refractivity contribution in [1.82, 2.24) is 4.98 Å². The standard InChI is InChI=1S/C33H28N2S/c1-33(2,3)26-19-28(31-30(20-26)36-32(35-31)27-10-6-7-11-29(27)34)23-15-12-22(13-16-23)25-17-14-21-8-4-5-9-24(21)18-25/h4-20H,34H2,1-3H3. The first-order valence-electron chi connectivity index (χ1n) is 12.3. The van der Waals surface area contributed by atoms with E-state index in [9.17, 15) is 0 Å². The summed E-state index contributed by atoms with van der Waals surface area (Å²) in [7, 11) is 0. The molecule has 0 aliphatic carbocycles. The molecular weight excluding hydrogens is 456 g/mol. The molecule has 0 saturated heterocycles. The fraction of sp³-hybridized carbons (Fsp3) is 0.121. The molecule has 0 radical (unpaired) electrons. The molecule has 0 spiro atoms. The van der Waals surface area contributed by atoms with E-state index < -0.39 is 0 Å². The molecule has 3 heteroatoms. The summed E-state index contributed by atoms with van der Waals surface area (Å²) >= 11 is 1.71. The minimum absolute atomic E-state index is 0.0317. The summed E-state index contributed by atoms with van der Waals surface area (Å²) in [5, 5.41) is 3.48. The van der Waals surface area contributed by atoms with Crippen molar-refractivity contribution in [2.24, 2.45) is 0 Å². The second-order valence-electron chi connectivity index (χ2n) is 10.4. The van der Waals surface area contributed by atoms with Crippen LogP contribution < -0.4 is 5.73 Å². The summed E-state index contributed by atoms with van der Waals surface area (Å²) in [4.78, 5) is 5.10. The number of hydrogen-bond donors (Lipinski definition) is 1. The first kappa shape index (κ1) is 22.5. The maximum Gasteiger partial charge on any atom is 0.126 e. The zero-order chi connectivity index (χ0) is 24.9. The number of nitrogens with two attached hydrogens (primary N) is 1. The lowest BCUT2D eigenvalue weighted by atomic mass is 9.85. The third kappa shape index (κ3) is 4.06. The molecule has 2 nitrogen and oxygen atoms in total. The average Bonchev–Trinajstić information content (AvgIpc) is 3.32. The Labute approximate surface area is 216 Å². The highest BCUT2D eigenvalue weighted by Crippen LogP contribution is 2.41. The minimum atomic E-state index is 0.0317. The molecule has 0 saturated carbocycles. The lowest BCUT2D eigenvalue weighted by molar-refractivity contribution is 0.591. The van der Waals surface area contributed by atoms with E-state index in [2.05, 4.69) is 106 Å². The number of para-hydroxylation sites is 1. The Hall–Kier alpha value is -3.95. The number of thiazole rings is 1. The lowest BCUT2D eigenvalue weighted by Gasteiger charge is -2.20. The lowest BCUT2D eigenvalue weighted by Crippen LogP contribution is -2.11. The zero-order valence-corrected chi connectivity index (χ0v) is 21.6. The predicted octanol–water partition coefficient (Wildman–Crippen LogP) is 9.33. The van der Waals surface area contributed by atoms with Gasteiger partial charge in [0, 0.05) is 16.8 Å². The van der Waals surface area contributed by atoms with Crippen LogP contribution in [0.15, 0.2) is 103 Å². The summed E-state index contributed by atoms with van der Waals surface area (Å²) in [6, 6.07) is 36.6. The first-order valence-corrected chi connectivity index (χ1v) is 13.1. The molecular formula is C33H28N2S. The predicted molar refractivity (Wildman–Crippen MR) is 157 cm³/mol. The van der Waals surface area contributed by atoms with Gasteiger partial charge in [0.15, 0.2) is 0 Å². The van der Waals surface area contributed by atoms with E-state index in [1.54, 1.807) is 11.3 Å². The van der Waals surface area contributed by atoms with Gasteiger partial charge in [0.2, 0.25) is 0 Å². The molecule has 1 heterocycles. The summed E-state index contributed by atoms with van der Waals surface area (Å²) in [6.45, 7) is 6.79. The van der Waals surface area contributed by atoms with Gasteiger partial charge in [-0.1, -0.05) is 93.6 Å². The molecule has 0 unspecified atom stereocenters. The fourth-order valence-electron chi connectivity index (χ4n) is 4.70. The Kier molecular flexibility index (Phi) is 5.39. The van der Waals surface area contributed by atoms with E-state index in [0.29, 0.717) is 0 Å². The molecule has 0 aliphatic heterocycles. The second kappa shape index (κ2) is 8.61. The van der Waals surface area contributed by atoms with Crippen LogP contribution in [-0.4, -0.2) is 4.98 Å². The number of nitrogen functional groups attached to an aromatic ring is 1. The number of hydrogen-bond acceptors (Lipinski definition) is 3. The van der Waals surface area contributed by atoms with E-state index in [4.69, 9.17) is 10.7 Å². The van der Waals surface area contributed by atoms with Crippen molar-refractivity contribution in [3.63, 3.8) is 0 Å². The Balaban J connectivity index is 1.47. The quantitative estimate of drug-likeness (QED) is 0.254. The van der Waals surface area contributed by atoms with Gasteiger partial charge < -0.3 is 5.73 Å². The van der Waals surface area contributed by atoms with Gasteiger partial charge in [-0.25, -0.2) is 4.98 Å². The third-order valence-corrected chi connectivity index (χ3v) is 7.87. The van der Waals surface area contributed by atoms with Crippen molar-refractivity contribution in [1.29, 1.82) is 0 Å². The molecule has 0 aliphatic rings. The average molecular weight is 485 g/mol. The number of fused-ring (bicyclic) bond motifs is 2. The normalized spacial score (nSPS) is 11.9. The van der Waals surface area contributed by atoms with Gasteiger partial charge in [0.25, 0.3) is 0 Å². The second-order valence-corrected chi connectivity index (χ2v) is 11.4. The molecule has 1 aromatic heterocycles. The maximum atomic E-state index is 6.30. The van der Waals surface area contributed by atoms with Crippen molar-refractivity contribution >= 4 is 38.0 Å². The number of anilines is 1. The van der Waals surface area contributed by atoms with Crippen LogP contribution in [0, 0.1) is 0 Å². The molecule has 0 bridgehead atoms. The first-order chi connectivity index (χ1) is 17.4. The van der Waals surface area contributed by atoms with Gasteiger partial charge in [0.05, 0.1) is 10.2 Å². The van der Waals surface area contributed by atoms with Crippen LogP contribution in [0.3, 0.4) is 0 Å². The van der Waals surface area contributed by atoms with Gasteiger partial charge in [-0.2, -0.15) is 0 Å². The van der Waals surface area contributed by atoms with Crippen molar-refractivity contribution in [2.75, 3.05) is 5.73 Å². The Morgan fingerprint density at radius 3 is 2.06 bits per heavy atom. The highest BCUT2D eigenvalue weighted by atomic mass is 32.1. The van der Waals surface area contributed by atoms with Crippen LogP contribution >= 0.6 is 11.3 Å². The summed E-state index contributed by atoms with van der Waals surface area (Å²) < 4.78 is 1.19. The summed E-state index contributed by atoms with van der Waals surface area (Å²) in [6.07, 6.45) is 0. The SMILES string of the molecule is CC(C)(C)c1cc(-c2ccc(-c3ccc4ccccc4c3)cc2)c2nc(-c3ccccc3N)sc2c1. The van der Waals surface area contributed by atoms with Crippen LogP contribution in [0.5, 0.6) is 0 Å². The van der Waals surface area contributed by atoms with Crippen LogP contribution in [0.1, 0.15) is 26.3 Å². The molecule has 36 heavy (non-hydrogen) atoms. The third-order valence-electron chi connectivity index (χ3n) is 6.83. The van der Waals surface area contributed by atoms with Crippen LogP contribution in [-0.2, 0) is 5.41 Å². The Morgan fingerprint density at radius 1 is 0.639 bits per heavy atom. The molecule has 6 aromatic rings. The van der Waals surface area contributed by atoms with E-state index >= 15 is 0 Å². The number of nitrogens with zero attached hydrogens (tertiary/aromatic N) is 1. The topological polar surface area (TPSA) is 38.9 Å². The number of aromatic nitrogens is 1. The minimum Gasteiger partial charge on any atom is -0.398 e. The number of benzene rings is 5. The molecule has 6 rings (SSSR count). The molecule has 5 aromatic carbocycles. The molecule has 2 N–H and O–H groups in total. The van der Waals surface area contributed by atoms with E-state index in [1.165, 1.54) is 43.3 Å². The molecule has 0 amide bonds. The smallest absolute Gasteiger partial charge is 0.126 e. The zero-order valence-electron chi connectivity index (χ0n) is 20.7. The van der Waals surface area contributed by atoms with Gasteiger partial charge in [-0.3, -0.25) is 0 Å². The van der Waals surface area contributed by atoms with Crippen molar-refractivity contribution < 1.29 is 0 Å². The van der Waals surface area contributed by atoms with Gasteiger partial charge in [-0.05, 0) is 68.8 Å². The van der Waals surface area contributed by atoms with Crippen LogP contribution in [0.25, 0.3) is 53.8 Å². The highest BCUT2D eigenvalue weighted by molar-refractivity contribution is 7.21. The van der Waals surface area contributed by atoms with E-state index in [1.807, 2.05) is 18.2 Å². The molecule has 0 fully saturated rings. The Morgan fingerprint density at radius 2 is 1.31 bits per heavy atom. The van der Waals surface area contributed by atoms with Gasteiger partial charge in [-0.15, -0.1) is 11.3 Å².